The molecule has 1 saturated carbocycles. The number of carbonyl (C=O) groups is 1. The van der Waals surface area contributed by atoms with E-state index in [9.17, 15) is 4.79 Å². The minimum absolute atomic E-state index is 0.0888. The van der Waals surface area contributed by atoms with Crippen LogP contribution < -0.4 is 5.32 Å². The first-order valence-electron chi connectivity index (χ1n) is 8.06. The van der Waals surface area contributed by atoms with E-state index in [2.05, 4.69) is 37.9 Å². The number of nitrogens with zero attached hydrogens (tertiary/aromatic N) is 1. The summed E-state index contributed by atoms with van der Waals surface area (Å²) in [7, 11) is 1.50. The third-order valence-corrected chi connectivity index (χ3v) is 4.30. The third-order valence-electron chi connectivity index (χ3n) is 4.30. The Hall–Kier alpha value is -0.610. The molecule has 0 amide bonds. The summed E-state index contributed by atoms with van der Waals surface area (Å²) < 4.78 is 5.06. The molecule has 4 heteroatoms. The Balaban J connectivity index is 2.74. The number of ether oxygens (including phenoxy) is 1. The normalized spacial score (nSPS) is 26.4. The molecule has 1 aliphatic carbocycles. The van der Waals surface area contributed by atoms with Crippen molar-refractivity contribution in [2.75, 3.05) is 26.7 Å². The van der Waals surface area contributed by atoms with E-state index in [1.807, 2.05) is 0 Å². The Kier molecular flexibility index (Phi) is 6.96. The second kappa shape index (κ2) is 7.99. The number of hydrogen-bond donors (Lipinski definition) is 1. The predicted molar refractivity (Wildman–Crippen MR) is 82.8 cm³/mol. The van der Waals surface area contributed by atoms with Gasteiger partial charge in [0, 0.05) is 12.6 Å². The maximum Gasteiger partial charge on any atom is 0.326 e. The lowest BCUT2D eigenvalue weighted by Gasteiger charge is -2.32. The molecule has 0 aliphatic heterocycles. The molecule has 0 bridgehead atoms. The minimum atomic E-state index is -0.459. The first kappa shape index (κ1) is 17.4. The zero-order valence-corrected chi connectivity index (χ0v) is 13.9. The second-order valence-corrected chi connectivity index (χ2v) is 6.38. The van der Waals surface area contributed by atoms with Crippen molar-refractivity contribution in [3.05, 3.63) is 0 Å². The summed E-state index contributed by atoms with van der Waals surface area (Å²) in [5.41, 5.74) is -0.459. The van der Waals surface area contributed by atoms with Crippen molar-refractivity contribution in [2.24, 2.45) is 5.92 Å². The molecule has 20 heavy (non-hydrogen) atoms. The van der Waals surface area contributed by atoms with Gasteiger partial charge in [-0.15, -0.1) is 0 Å². The van der Waals surface area contributed by atoms with Crippen LogP contribution in [-0.4, -0.2) is 49.2 Å². The van der Waals surface area contributed by atoms with Crippen LogP contribution in [0.3, 0.4) is 0 Å². The van der Waals surface area contributed by atoms with Crippen LogP contribution in [0.2, 0.25) is 0 Å². The van der Waals surface area contributed by atoms with E-state index in [1.54, 1.807) is 0 Å². The summed E-state index contributed by atoms with van der Waals surface area (Å²) in [6.07, 6.45) is 3.87. The maximum absolute atomic E-state index is 12.2. The van der Waals surface area contributed by atoms with Crippen molar-refractivity contribution >= 4 is 5.97 Å². The Labute approximate surface area is 124 Å². The predicted octanol–water partition coefficient (Wildman–Crippen LogP) is 2.43. The first-order valence-corrected chi connectivity index (χ1v) is 8.06. The molecule has 1 aliphatic rings. The molecule has 0 heterocycles. The summed E-state index contributed by atoms with van der Waals surface area (Å²) in [5.74, 6) is 0.570. The van der Waals surface area contributed by atoms with Gasteiger partial charge in [0.2, 0.25) is 0 Å². The van der Waals surface area contributed by atoms with Gasteiger partial charge in [0.05, 0.1) is 7.11 Å². The van der Waals surface area contributed by atoms with Crippen molar-refractivity contribution in [3.8, 4) is 0 Å². The molecule has 0 radical (unpaired) electrons. The minimum Gasteiger partial charge on any atom is -0.468 e. The molecule has 0 aromatic rings. The summed E-state index contributed by atoms with van der Waals surface area (Å²) in [4.78, 5) is 14.7. The van der Waals surface area contributed by atoms with Gasteiger partial charge in [-0.25, -0.2) is 0 Å². The van der Waals surface area contributed by atoms with Gasteiger partial charge in [0.15, 0.2) is 0 Å². The Morgan fingerprint density at radius 1 is 1.45 bits per heavy atom. The van der Waals surface area contributed by atoms with E-state index in [-0.39, 0.29) is 5.97 Å². The standard InChI is InChI=1S/C16H32N2O2/c1-6-10-17-16(15(19)20-5)9-8-14(11-16)18(7-2)12-13(3)4/h13-14,17H,6-12H2,1-5H3. The van der Waals surface area contributed by atoms with Gasteiger partial charge in [-0.2, -0.15) is 0 Å². The lowest BCUT2D eigenvalue weighted by Crippen LogP contribution is -2.52. The zero-order chi connectivity index (χ0) is 15.2. The van der Waals surface area contributed by atoms with Crippen molar-refractivity contribution < 1.29 is 9.53 Å². The van der Waals surface area contributed by atoms with Crippen LogP contribution >= 0.6 is 0 Å². The molecular weight excluding hydrogens is 252 g/mol. The number of methoxy groups -OCH3 is 1. The van der Waals surface area contributed by atoms with Crippen LogP contribution in [0.1, 0.15) is 53.4 Å². The van der Waals surface area contributed by atoms with E-state index in [0.717, 1.165) is 45.3 Å². The fourth-order valence-corrected chi connectivity index (χ4v) is 3.31. The Morgan fingerprint density at radius 2 is 2.15 bits per heavy atom. The largest absolute Gasteiger partial charge is 0.468 e. The molecule has 1 N–H and O–H groups in total. The Bertz CT molecular complexity index is 307. The summed E-state index contributed by atoms with van der Waals surface area (Å²) in [6, 6.07) is 0.492. The molecular formula is C16H32N2O2. The topological polar surface area (TPSA) is 41.6 Å². The quantitative estimate of drug-likeness (QED) is 0.695. The van der Waals surface area contributed by atoms with Crippen LogP contribution in [0.15, 0.2) is 0 Å². The molecule has 4 nitrogen and oxygen atoms in total. The van der Waals surface area contributed by atoms with Gasteiger partial charge in [-0.05, 0) is 44.7 Å². The molecule has 118 valence electrons. The van der Waals surface area contributed by atoms with Crippen LogP contribution in [0.25, 0.3) is 0 Å². The zero-order valence-electron chi connectivity index (χ0n) is 13.9. The highest BCUT2D eigenvalue weighted by Crippen LogP contribution is 2.34. The van der Waals surface area contributed by atoms with Crippen LogP contribution in [-0.2, 0) is 9.53 Å². The van der Waals surface area contributed by atoms with E-state index >= 15 is 0 Å². The SMILES string of the molecule is CCCNC1(C(=O)OC)CCC(N(CC)CC(C)C)C1. The van der Waals surface area contributed by atoms with E-state index < -0.39 is 5.54 Å². The monoisotopic (exact) mass is 284 g/mol. The van der Waals surface area contributed by atoms with Crippen molar-refractivity contribution in [1.29, 1.82) is 0 Å². The van der Waals surface area contributed by atoms with Gasteiger partial charge < -0.3 is 15.0 Å². The molecule has 1 fully saturated rings. The van der Waals surface area contributed by atoms with Crippen LogP contribution in [0.5, 0.6) is 0 Å². The highest BCUT2D eigenvalue weighted by Gasteiger charge is 2.47. The highest BCUT2D eigenvalue weighted by molar-refractivity contribution is 5.81. The van der Waals surface area contributed by atoms with E-state index in [1.165, 1.54) is 7.11 Å². The molecule has 0 aromatic carbocycles. The lowest BCUT2D eigenvalue weighted by molar-refractivity contribution is -0.148. The highest BCUT2D eigenvalue weighted by atomic mass is 16.5. The molecule has 0 aromatic heterocycles. The van der Waals surface area contributed by atoms with Crippen molar-refractivity contribution in [2.45, 2.75) is 65.0 Å². The third kappa shape index (κ3) is 4.19. The van der Waals surface area contributed by atoms with Crippen molar-refractivity contribution in [3.63, 3.8) is 0 Å². The summed E-state index contributed by atoms with van der Waals surface area (Å²) in [5, 5.41) is 3.46. The molecule has 0 saturated heterocycles. The van der Waals surface area contributed by atoms with Gasteiger partial charge in [0.25, 0.3) is 0 Å². The van der Waals surface area contributed by atoms with Crippen LogP contribution in [0, 0.1) is 5.92 Å². The van der Waals surface area contributed by atoms with Gasteiger partial charge >= 0.3 is 5.97 Å². The number of esters is 1. The fourth-order valence-electron chi connectivity index (χ4n) is 3.31. The van der Waals surface area contributed by atoms with Gasteiger partial charge in [-0.1, -0.05) is 27.7 Å². The Morgan fingerprint density at radius 3 is 2.65 bits per heavy atom. The van der Waals surface area contributed by atoms with Crippen LogP contribution in [0.4, 0.5) is 0 Å². The van der Waals surface area contributed by atoms with Gasteiger partial charge in [-0.3, -0.25) is 4.79 Å². The molecule has 2 atom stereocenters. The average Bonchev–Trinajstić information content (AvgIpc) is 2.87. The molecule has 1 rings (SSSR count). The average molecular weight is 284 g/mol. The van der Waals surface area contributed by atoms with E-state index in [4.69, 9.17) is 4.74 Å². The van der Waals surface area contributed by atoms with Crippen molar-refractivity contribution in [1.82, 2.24) is 10.2 Å². The summed E-state index contributed by atoms with van der Waals surface area (Å²) in [6.45, 7) is 11.9. The number of hydrogen-bond acceptors (Lipinski definition) is 4. The number of carbonyl (C=O) groups excluding carboxylic acids is 1. The second-order valence-electron chi connectivity index (χ2n) is 6.38. The lowest BCUT2D eigenvalue weighted by atomic mass is 9.96. The summed E-state index contributed by atoms with van der Waals surface area (Å²) >= 11 is 0. The maximum atomic E-state index is 12.2. The number of rotatable bonds is 8. The smallest absolute Gasteiger partial charge is 0.326 e. The fraction of sp³-hybridized carbons (Fsp3) is 0.938. The first-order chi connectivity index (χ1) is 9.49. The van der Waals surface area contributed by atoms with Gasteiger partial charge in [0.1, 0.15) is 5.54 Å². The molecule has 0 spiro atoms. The number of nitrogens with one attached hydrogen (secondary N) is 1. The molecule has 2 unspecified atom stereocenters. The van der Waals surface area contributed by atoms with E-state index in [0.29, 0.717) is 12.0 Å².